The van der Waals surface area contributed by atoms with E-state index in [4.69, 9.17) is 4.74 Å². The van der Waals surface area contributed by atoms with Crippen LogP contribution in [0.1, 0.15) is 13.3 Å². The fraction of sp³-hybridized carbons (Fsp3) is 0.231. The molecule has 5 heteroatoms. The molecule has 18 heavy (non-hydrogen) atoms. The summed E-state index contributed by atoms with van der Waals surface area (Å²) in [6, 6.07) is 9.63. The van der Waals surface area contributed by atoms with Gasteiger partial charge in [0, 0.05) is 12.6 Å². The highest BCUT2D eigenvalue weighted by Crippen LogP contribution is 2.25. The van der Waals surface area contributed by atoms with Gasteiger partial charge in [-0.15, -0.1) is 0 Å². The van der Waals surface area contributed by atoms with Crippen molar-refractivity contribution >= 4 is 28.4 Å². The molecule has 1 aromatic carbocycles. The van der Waals surface area contributed by atoms with Crippen molar-refractivity contribution in [1.29, 1.82) is 0 Å². The van der Waals surface area contributed by atoms with Crippen LogP contribution in [0.3, 0.4) is 0 Å². The number of para-hydroxylation sites is 1. The van der Waals surface area contributed by atoms with Gasteiger partial charge in [-0.2, -0.15) is 0 Å². The molecule has 0 bridgehead atoms. The third kappa shape index (κ3) is 3.56. The predicted octanol–water partition coefficient (Wildman–Crippen LogP) is 3.70. The maximum Gasteiger partial charge on any atom is 0.224 e. The van der Waals surface area contributed by atoms with E-state index < -0.39 is 0 Å². The van der Waals surface area contributed by atoms with Crippen molar-refractivity contribution in [1.82, 2.24) is 9.97 Å². The number of rotatable bonds is 5. The molecule has 1 N–H and O–H groups in total. The minimum atomic E-state index is 0.549. The Kier molecular flexibility index (Phi) is 4.74. The third-order valence-electron chi connectivity index (χ3n) is 2.25. The molecule has 0 aliphatic heterocycles. The Morgan fingerprint density at radius 1 is 1.28 bits per heavy atom. The Balaban J connectivity index is 2.12. The minimum absolute atomic E-state index is 0.549. The molecule has 2 aromatic rings. The number of anilines is 1. The molecule has 0 aliphatic rings. The molecule has 0 atom stereocenters. The molecule has 0 radical (unpaired) electrons. The number of nitrogens with zero attached hydrogens (tertiary/aromatic N) is 2. The Hall–Kier alpha value is -1.37. The van der Waals surface area contributed by atoms with Gasteiger partial charge in [0.05, 0.1) is 3.57 Å². The van der Waals surface area contributed by atoms with Gasteiger partial charge in [0.25, 0.3) is 0 Å². The zero-order valence-electron chi connectivity index (χ0n) is 10.1. The monoisotopic (exact) mass is 355 g/mol. The first kappa shape index (κ1) is 13.1. The normalized spacial score (nSPS) is 10.1. The van der Waals surface area contributed by atoms with Gasteiger partial charge < -0.3 is 10.1 Å². The molecular formula is C13H14IN3O. The van der Waals surface area contributed by atoms with Crippen LogP contribution in [0.15, 0.2) is 36.7 Å². The van der Waals surface area contributed by atoms with Gasteiger partial charge in [0.1, 0.15) is 17.9 Å². The van der Waals surface area contributed by atoms with E-state index in [-0.39, 0.29) is 0 Å². The first-order valence-electron chi connectivity index (χ1n) is 5.78. The van der Waals surface area contributed by atoms with Gasteiger partial charge >= 0.3 is 0 Å². The average molecular weight is 355 g/mol. The molecule has 4 nitrogen and oxygen atoms in total. The van der Waals surface area contributed by atoms with Crippen LogP contribution >= 0.6 is 22.6 Å². The van der Waals surface area contributed by atoms with E-state index in [1.54, 1.807) is 6.07 Å². The molecule has 0 fully saturated rings. The summed E-state index contributed by atoms with van der Waals surface area (Å²) >= 11 is 2.23. The van der Waals surface area contributed by atoms with Crippen molar-refractivity contribution in [2.45, 2.75) is 13.3 Å². The fourth-order valence-corrected chi connectivity index (χ4v) is 1.88. The summed E-state index contributed by atoms with van der Waals surface area (Å²) < 4.78 is 6.78. The summed E-state index contributed by atoms with van der Waals surface area (Å²) in [5.41, 5.74) is 0. The zero-order valence-corrected chi connectivity index (χ0v) is 12.2. The van der Waals surface area contributed by atoms with Crippen LogP contribution in [0.4, 0.5) is 5.82 Å². The summed E-state index contributed by atoms with van der Waals surface area (Å²) in [6.07, 6.45) is 2.56. The Labute approximate surface area is 120 Å². The predicted molar refractivity (Wildman–Crippen MR) is 80.0 cm³/mol. The van der Waals surface area contributed by atoms with E-state index >= 15 is 0 Å². The summed E-state index contributed by atoms with van der Waals surface area (Å²) in [7, 11) is 0. The molecule has 0 saturated heterocycles. The van der Waals surface area contributed by atoms with Gasteiger partial charge in [-0.05, 0) is 41.1 Å². The first-order valence-corrected chi connectivity index (χ1v) is 6.85. The van der Waals surface area contributed by atoms with Crippen LogP contribution in [0, 0.1) is 3.57 Å². The van der Waals surface area contributed by atoms with E-state index in [1.165, 1.54) is 6.33 Å². The minimum Gasteiger partial charge on any atom is -0.438 e. The zero-order chi connectivity index (χ0) is 12.8. The third-order valence-corrected chi connectivity index (χ3v) is 3.14. The molecule has 2 rings (SSSR count). The van der Waals surface area contributed by atoms with Gasteiger partial charge in [0.15, 0.2) is 0 Å². The topological polar surface area (TPSA) is 47.0 Å². The van der Waals surface area contributed by atoms with Crippen molar-refractivity contribution in [2.75, 3.05) is 11.9 Å². The molecule has 0 spiro atoms. The van der Waals surface area contributed by atoms with Crippen LogP contribution in [0.2, 0.25) is 0 Å². The van der Waals surface area contributed by atoms with Crippen LogP contribution in [0.25, 0.3) is 0 Å². The van der Waals surface area contributed by atoms with Gasteiger partial charge in [-0.25, -0.2) is 9.97 Å². The van der Waals surface area contributed by atoms with Crippen molar-refractivity contribution in [3.63, 3.8) is 0 Å². The molecule has 0 aliphatic carbocycles. The molecular weight excluding hydrogens is 341 g/mol. The van der Waals surface area contributed by atoms with Crippen LogP contribution < -0.4 is 10.1 Å². The summed E-state index contributed by atoms with van der Waals surface area (Å²) in [4.78, 5) is 8.24. The van der Waals surface area contributed by atoms with E-state index in [2.05, 4.69) is 44.8 Å². The second-order valence-electron chi connectivity index (χ2n) is 3.70. The van der Waals surface area contributed by atoms with Crippen LogP contribution in [0.5, 0.6) is 11.6 Å². The fourth-order valence-electron chi connectivity index (χ4n) is 1.39. The maximum atomic E-state index is 5.73. The van der Waals surface area contributed by atoms with E-state index in [9.17, 15) is 0 Å². The number of benzene rings is 1. The number of nitrogens with one attached hydrogen (secondary N) is 1. The Bertz CT molecular complexity index is 519. The standard InChI is InChI=1S/C13H14IN3O/c1-2-7-15-12-8-13(17-9-16-12)18-11-6-4-3-5-10(11)14/h3-6,8-9H,2,7H2,1H3,(H,15,16,17). The lowest BCUT2D eigenvalue weighted by Crippen LogP contribution is -2.02. The maximum absolute atomic E-state index is 5.73. The Morgan fingerprint density at radius 2 is 2.11 bits per heavy atom. The molecule has 0 amide bonds. The largest absolute Gasteiger partial charge is 0.438 e. The lowest BCUT2D eigenvalue weighted by Gasteiger charge is -2.08. The van der Waals surface area contributed by atoms with Crippen molar-refractivity contribution in [2.24, 2.45) is 0 Å². The smallest absolute Gasteiger partial charge is 0.224 e. The highest BCUT2D eigenvalue weighted by Gasteiger charge is 2.03. The highest BCUT2D eigenvalue weighted by atomic mass is 127. The van der Waals surface area contributed by atoms with Crippen molar-refractivity contribution < 1.29 is 4.74 Å². The molecule has 1 aromatic heterocycles. The van der Waals surface area contributed by atoms with E-state index in [1.807, 2.05) is 24.3 Å². The lowest BCUT2D eigenvalue weighted by atomic mass is 10.3. The SMILES string of the molecule is CCCNc1cc(Oc2ccccc2I)ncn1. The van der Waals surface area contributed by atoms with E-state index in [0.717, 1.165) is 28.1 Å². The summed E-state index contributed by atoms with van der Waals surface area (Å²) in [5, 5.41) is 3.20. The summed E-state index contributed by atoms with van der Waals surface area (Å²) in [5.74, 6) is 2.14. The number of halogens is 1. The quantitative estimate of drug-likeness (QED) is 0.831. The lowest BCUT2D eigenvalue weighted by molar-refractivity contribution is 0.458. The number of hydrogen-bond donors (Lipinski definition) is 1. The number of hydrogen-bond acceptors (Lipinski definition) is 4. The second kappa shape index (κ2) is 6.53. The average Bonchev–Trinajstić information content (AvgIpc) is 2.40. The first-order chi connectivity index (χ1) is 8.79. The van der Waals surface area contributed by atoms with Crippen LogP contribution in [-0.2, 0) is 0 Å². The number of aromatic nitrogens is 2. The Morgan fingerprint density at radius 3 is 2.89 bits per heavy atom. The highest BCUT2D eigenvalue weighted by molar-refractivity contribution is 14.1. The number of ether oxygens (including phenoxy) is 1. The van der Waals surface area contributed by atoms with Crippen molar-refractivity contribution in [3.8, 4) is 11.6 Å². The van der Waals surface area contributed by atoms with Crippen molar-refractivity contribution in [3.05, 3.63) is 40.2 Å². The van der Waals surface area contributed by atoms with Crippen LogP contribution in [-0.4, -0.2) is 16.5 Å². The second-order valence-corrected chi connectivity index (χ2v) is 4.86. The summed E-state index contributed by atoms with van der Waals surface area (Å²) in [6.45, 7) is 3.00. The molecule has 0 saturated carbocycles. The molecule has 0 unspecified atom stereocenters. The van der Waals surface area contributed by atoms with Gasteiger partial charge in [-0.1, -0.05) is 19.1 Å². The van der Waals surface area contributed by atoms with Gasteiger partial charge in [0.2, 0.25) is 5.88 Å². The molecule has 1 heterocycles. The van der Waals surface area contributed by atoms with E-state index in [0.29, 0.717) is 5.88 Å². The van der Waals surface area contributed by atoms with Gasteiger partial charge in [-0.3, -0.25) is 0 Å². The molecule has 94 valence electrons.